The highest BCUT2D eigenvalue weighted by Crippen LogP contribution is 2.57. The minimum atomic E-state index is -2.64. The number of esters is 1. The minimum absolute atomic E-state index is 0.0521. The molecule has 3 unspecified atom stereocenters. The first-order valence-electron chi connectivity index (χ1n) is 10.2. The van der Waals surface area contributed by atoms with E-state index < -0.39 is 8.32 Å². The summed E-state index contributed by atoms with van der Waals surface area (Å²) in [6.07, 6.45) is 2.03. The van der Waals surface area contributed by atoms with Crippen molar-refractivity contribution < 1.29 is 14.0 Å². The second-order valence-electron chi connectivity index (χ2n) is 9.27. The molecular weight excluding hydrogens is 364 g/mol. The van der Waals surface area contributed by atoms with E-state index in [1.165, 1.54) is 23.9 Å². The predicted molar refractivity (Wildman–Crippen MR) is 114 cm³/mol. The van der Waals surface area contributed by atoms with Gasteiger partial charge in [0.15, 0.2) is 0 Å². The van der Waals surface area contributed by atoms with E-state index in [9.17, 15) is 4.79 Å². The number of ether oxygens (including phenoxy) is 1. The van der Waals surface area contributed by atoms with Gasteiger partial charge in [-0.25, -0.2) is 0 Å². The van der Waals surface area contributed by atoms with E-state index >= 15 is 0 Å². The molecule has 0 radical (unpaired) electrons. The van der Waals surface area contributed by atoms with Crippen LogP contribution in [0, 0.1) is 17.8 Å². The van der Waals surface area contributed by atoms with E-state index in [1.807, 2.05) is 0 Å². The highest BCUT2D eigenvalue weighted by Gasteiger charge is 2.61. The van der Waals surface area contributed by atoms with E-state index in [0.717, 1.165) is 6.42 Å². The third kappa shape index (κ3) is 3.13. The van der Waals surface area contributed by atoms with Crippen LogP contribution < -0.4 is 10.4 Å². The predicted octanol–water partition coefficient (Wildman–Crippen LogP) is 3.76. The Hall–Kier alpha value is -1.91. The lowest BCUT2D eigenvalue weighted by Crippen LogP contribution is -2.68. The maximum Gasteiger partial charge on any atom is 0.311 e. The van der Waals surface area contributed by atoms with Crippen LogP contribution in [0.4, 0.5) is 0 Å². The third-order valence-electron chi connectivity index (χ3n) is 6.59. The maximum absolute atomic E-state index is 12.5. The first-order chi connectivity index (χ1) is 13.4. The van der Waals surface area contributed by atoms with Gasteiger partial charge in [-0.15, -0.1) is 0 Å². The quantitative estimate of drug-likeness (QED) is 0.572. The first-order valence-corrected chi connectivity index (χ1v) is 12.2. The molecule has 28 heavy (non-hydrogen) atoms. The van der Waals surface area contributed by atoms with Crippen LogP contribution in [-0.2, 0) is 14.0 Å². The zero-order valence-corrected chi connectivity index (χ0v) is 18.2. The van der Waals surface area contributed by atoms with Gasteiger partial charge in [0, 0.05) is 0 Å². The highest BCUT2D eigenvalue weighted by molar-refractivity contribution is 6.99. The summed E-state index contributed by atoms with van der Waals surface area (Å²) in [4.78, 5) is 12.5. The van der Waals surface area contributed by atoms with Crippen molar-refractivity contribution in [1.29, 1.82) is 0 Å². The fraction of sp³-hybridized carbons (Fsp3) is 0.458. The number of carbonyl (C=O) groups excluding carboxylic acids is 1. The van der Waals surface area contributed by atoms with Gasteiger partial charge >= 0.3 is 5.97 Å². The summed E-state index contributed by atoms with van der Waals surface area (Å²) in [5.41, 5.74) is 0. The molecule has 0 amide bonds. The largest absolute Gasteiger partial charge is 0.469 e. The molecule has 0 bridgehead atoms. The fourth-order valence-electron chi connectivity index (χ4n) is 5.15. The van der Waals surface area contributed by atoms with Gasteiger partial charge in [0.1, 0.15) is 0 Å². The minimum Gasteiger partial charge on any atom is -0.469 e. The molecule has 3 nitrogen and oxygen atoms in total. The van der Waals surface area contributed by atoms with E-state index in [-0.39, 0.29) is 23.0 Å². The third-order valence-corrected chi connectivity index (χ3v) is 11.6. The molecule has 148 valence electrons. The molecule has 4 heteroatoms. The van der Waals surface area contributed by atoms with E-state index in [4.69, 9.17) is 9.16 Å². The molecule has 0 aliphatic heterocycles. The van der Waals surface area contributed by atoms with Gasteiger partial charge in [-0.2, -0.15) is 0 Å². The number of fused-ring (bicyclic) bond motifs is 1. The summed E-state index contributed by atoms with van der Waals surface area (Å²) < 4.78 is 12.4. The van der Waals surface area contributed by atoms with Crippen LogP contribution in [0.25, 0.3) is 0 Å². The summed E-state index contributed by atoms with van der Waals surface area (Å²) >= 11 is 0. The molecule has 0 spiro atoms. The van der Waals surface area contributed by atoms with Crippen LogP contribution in [0.1, 0.15) is 33.6 Å². The van der Waals surface area contributed by atoms with Gasteiger partial charge in [-0.05, 0) is 40.1 Å². The second kappa shape index (κ2) is 7.16. The summed E-state index contributed by atoms with van der Waals surface area (Å²) in [6.45, 7) is 6.85. The lowest BCUT2D eigenvalue weighted by atomic mass is 10.0. The number of hydrogen-bond donors (Lipinski definition) is 0. The Balaban J connectivity index is 1.85. The number of rotatable bonds is 5. The number of methoxy groups -OCH3 is 1. The van der Waals surface area contributed by atoms with Gasteiger partial charge in [0.05, 0.1) is 19.1 Å². The molecule has 2 aromatic rings. The van der Waals surface area contributed by atoms with Crippen LogP contribution in [0.15, 0.2) is 60.7 Å². The number of hydrogen-bond acceptors (Lipinski definition) is 3. The Morgan fingerprint density at radius 3 is 1.93 bits per heavy atom. The zero-order chi connectivity index (χ0) is 19.9. The first kappa shape index (κ1) is 19.4. The van der Waals surface area contributed by atoms with Crippen molar-refractivity contribution in [3.8, 4) is 0 Å². The smallest absolute Gasteiger partial charge is 0.311 e. The Labute approximate surface area is 169 Å². The summed E-state index contributed by atoms with van der Waals surface area (Å²) in [6, 6.07) is 21.3. The van der Waals surface area contributed by atoms with Crippen molar-refractivity contribution in [2.24, 2.45) is 17.8 Å². The number of benzene rings is 2. The molecule has 4 rings (SSSR count). The normalized spacial score (nSPS) is 26.6. The van der Waals surface area contributed by atoms with Gasteiger partial charge in [-0.1, -0.05) is 81.4 Å². The fourth-order valence-corrected chi connectivity index (χ4v) is 9.91. The molecule has 2 saturated carbocycles. The molecule has 0 aromatic heterocycles. The molecule has 4 atom stereocenters. The molecule has 0 N–H and O–H groups in total. The Kier molecular flexibility index (Phi) is 4.96. The molecule has 2 fully saturated rings. The Morgan fingerprint density at radius 2 is 1.46 bits per heavy atom. The topological polar surface area (TPSA) is 35.5 Å². The van der Waals surface area contributed by atoms with Crippen molar-refractivity contribution >= 4 is 24.7 Å². The summed E-state index contributed by atoms with van der Waals surface area (Å²) in [5, 5.41) is 2.45. The summed E-state index contributed by atoms with van der Waals surface area (Å²) in [5.74, 6) is 0.851. The van der Waals surface area contributed by atoms with E-state index in [1.54, 1.807) is 0 Å². The van der Waals surface area contributed by atoms with Crippen LogP contribution >= 0.6 is 0 Å². The van der Waals surface area contributed by atoms with Gasteiger partial charge in [0.2, 0.25) is 0 Å². The molecule has 2 aromatic carbocycles. The standard InChI is InChI=1S/C24H30O3Si/c1-24(2,3)28(18-11-7-5-8-12-18,19-13-9-6-10-14-19)27-22-20-15-17(20)16-21(22)23(25)26-4/h5-14,17,20-22H,15-16H2,1-4H3/t17?,20?,21-,22?/m1/s1. The molecule has 2 aliphatic rings. The Morgan fingerprint density at radius 1 is 0.929 bits per heavy atom. The highest BCUT2D eigenvalue weighted by atomic mass is 28.4. The van der Waals surface area contributed by atoms with Crippen LogP contribution in [0.3, 0.4) is 0 Å². The van der Waals surface area contributed by atoms with Crippen molar-refractivity contribution in [3.05, 3.63) is 60.7 Å². The molecule has 0 saturated heterocycles. The lowest BCUT2D eigenvalue weighted by molar-refractivity contribution is -0.148. The van der Waals surface area contributed by atoms with Gasteiger partial charge < -0.3 is 9.16 Å². The van der Waals surface area contributed by atoms with Crippen LogP contribution in [-0.4, -0.2) is 27.5 Å². The number of carbonyl (C=O) groups is 1. The maximum atomic E-state index is 12.5. The van der Waals surface area contributed by atoms with Crippen LogP contribution in [0.2, 0.25) is 5.04 Å². The average Bonchev–Trinajstić information content (AvgIpc) is 3.39. The SMILES string of the molecule is COC(=O)[C@@H]1CC2CC2C1O[Si](c1ccccc1)(c1ccccc1)C(C)(C)C. The van der Waals surface area contributed by atoms with Crippen molar-refractivity contribution in [2.75, 3.05) is 7.11 Å². The summed E-state index contributed by atoms with van der Waals surface area (Å²) in [7, 11) is -1.15. The Bertz CT molecular complexity index is 788. The van der Waals surface area contributed by atoms with Gasteiger partial charge in [0.25, 0.3) is 8.32 Å². The lowest BCUT2D eigenvalue weighted by Gasteiger charge is -2.45. The monoisotopic (exact) mass is 394 g/mol. The molecule has 0 heterocycles. The van der Waals surface area contributed by atoms with Crippen molar-refractivity contribution in [1.82, 2.24) is 0 Å². The van der Waals surface area contributed by atoms with Gasteiger partial charge in [-0.3, -0.25) is 4.79 Å². The van der Waals surface area contributed by atoms with Crippen LogP contribution in [0.5, 0.6) is 0 Å². The molecular formula is C24H30O3Si. The van der Waals surface area contributed by atoms with E-state index in [2.05, 4.69) is 81.4 Å². The van der Waals surface area contributed by atoms with E-state index in [0.29, 0.717) is 11.8 Å². The van der Waals surface area contributed by atoms with Crippen molar-refractivity contribution in [3.63, 3.8) is 0 Å². The zero-order valence-electron chi connectivity index (χ0n) is 17.2. The van der Waals surface area contributed by atoms with Crippen molar-refractivity contribution in [2.45, 2.75) is 44.8 Å². The molecule has 2 aliphatic carbocycles. The average molecular weight is 395 g/mol. The second-order valence-corrected chi connectivity index (χ2v) is 13.5.